The van der Waals surface area contributed by atoms with Gasteiger partial charge in [-0.05, 0) is 64.6 Å². The van der Waals surface area contributed by atoms with Crippen molar-refractivity contribution >= 4 is 5.91 Å². The highest BCUT2D eigenvalue weighted by atomic mass is 16.3. The Morgan fingerprint density at radius 1 is 1.13 bits per heavy atom. The number of aliphatic hydroxyl groups is 2. The van der Waals surface area contributed by atoms with Gasteiger partial charge in [0, 0.05) is 31.2 Å². The fourth-order valence-corrected chi connectivity index (χ4v) is 6.02. The van der Waals surface area contributed by atoms with Crippen LogP contribution in [0.2, 0.25) is 0 Å². The van der Waals surface area contributed by atoms with Crippen molar-refractivity contribution < 1.29 is 15.0 Å². The minimum atomic E-state index is -0.842. The zero-order chi connectivity index (χ0) is 22.3. The van der Waals surface area contributed by atoms with Gasteiger partial charge in [0.2, 0.25) is 5.91 Å². The van der Waals surface area contributed by atoms with E-state index in [0.29, 0.717) is 13.1 Å². The average Bonchev–Trinajstić information content (AvgIpc) is 2.99. The van der Waals surface area contributed by atoms with Gasteiger partial charge in [-0.2, -0.15) is 0 Å². The molecule has 3 N–H and O–H groups in total. The zero-order valence-corrected chi connectivity index (χ0v) is 19.2. The number of β-amino-alcohol motifs (C(OH)–C–C–N with tert-alkyl or cyclic N) is 1. The molecule has 7 nitrogen and oxygen atoms in total. The molecule has 1 aromatic carbocycles. The second kappa shape index (κ2) is 8.45. The molecule has 1 unspecified atom stereocenters. The molecule has 2 saturated carbocycles. The predicted molar refractivity (Wildman–Crippen MR) is 120 cm³/mol. The molecule has 1 amide bonds. The van der Waals surface area contributed by atoms with Gasteiger partial charge in [0.25, 0.3) is 0 Å². The maximum absolute atomic E-state index is 12.1. The van der Waals surface area contributed by atoms with E-state index in [2.05, 4.69) is 59.5 Å². The summed E-state index contributed by atoms with van der Waals surface area (Å²) in [6.45, 7) is 1.29. The van der Waals surface area contributed by atoms with E-state index in [4.69, 9.17) is 0 Å². The smallest absolute Gasteiger partial charge is 0.234 e. The number of nitrogens with zero attached hydrogens (tertiary/aromatic N) is 3. The van der Waals surface area contributed by atoms with Crippen LogP contribution in [-0.4, -0.2) is 89.1 Å². The summed E-state index contributed by atoms with van der Waals surface area (Å²) in [5.41, 5.74) is 0.351. The number of rotatable bonds is 6. The summed E-state index contributed by atoms with van der Waals surface area (Å²) in [5.74, 6) is -0.0962. The molecule has 1 saturated heterocycles. The third-order valence-electron chi connectivity index (χ3n) is 8.26. The standard InChI is InChI=1S/C24H38N4O3/c1-25-20(29)16-27-17-22(28(21(27)30)18-23(31)10-7-11-23)12-14-24(15-13-22,26(2)3)19-8-5-4-6-9-19/h4-6,8-9,21,30-31H,7,10-18H2,1-3H3,(H,25,29). The first-order valence-corrected chi connectivity index (χ1v) is 11.6. The molecule has 0 bridgehead atoms. The monoisotopic (exact) mass is 430 g/mol. The highest BCUT2D eigenvalue weighted by Gasteiger charge is 2.56. The average molecular weight is 431 g/mol. The number of aliphatic hydroxyl groups excluding tert-OH is 1. The summed E-state index contributed by atoms with van der Waals surface area (Å²) in [4.78, 5) is 18.4. The van der Waals surface area contributed by atoms with E-state index in [1.165, 1.54) is 5.56 Å². The topological polar surface area (TPSA) is 79.3 Å². The fourth-order valence-electron chi connectivity index (χ4n) is 6.02. The third kappa shape index (κ3) is 4.02. The second-order valence-electron chi connectivity index (χ2n) is 10.1. The van der Waals surface area contributed by atoms with Gasteiger partial charge in [0.05, 0.1) is 12.1 Å². The Balaban J connectivity index is 1.60. The summed E-state index contributed by atoms with van der Waals surface area (Å²) in [6.07, 6.45) is 5.53. The molecule has 1 atom stereocenters. The minimum absolute atomic E-state index is 0.0370. The Kier molecular flexibility index (Phi) is 6.18. The lowest BCUT2D eigenvalue weighted by atomic mass is 9.67. The van der Waals surface area contributed by atoms with Crippen LogP contribution >= 0.6 is 0 Å². The maximum Gasteiger partial charge on any atom is 0.234 e. The van der Waals surface area contributed by atoms with Crippen molar-refractivity contribution in [1.29, 1.82) is 0 Å². The zero-order valence-electron chi connectivity index (χ0n) is 19.2. The van der Waals surface area contributed by atoms with Crippen molar-refractivity contribution in [3.63, 3.8) is 0 Å². The molecule has 31 heavy (non-hydrogen) atoms. The van der Waals surface area contributed by atoms with Crippen molar-refractivity contribution in [2.24, 2.45) is 0 Å². The summed E-state index contributed by atoms with van der Waals surface area (Å²) >= 11 is 0. The molecule has 3 fully saturated rings. The van der Waals surface area contributed by atoms with Crippen LogP contribution in [0.15, 0.2) is 30.3 Å². The van der Waals surface area contributed by atoms with Crippen LogP contribution in [0.4, 0.5) is 0 Å². The van der Waals surface area contributed by atoms with Crippen LogP contribution in [-0.2, 0) is 10.3 Å². The molecule has 7 heteroatoms. The first-order valence-electron chi connectivity index (χ1n) is 11.6. The van der Waals surface area contributed by atoms with Crippen molar-refractivity contribution in [3.8, 4) is 0 Å². The Bertz CT molecular complexity index is 772. The summed E-state index contributed by atoms with van der Waals surface area (Å²) in [5, 5.41) is 24.8. The number of hydrogen-bond acceptors (Lipinski definition) is 6. The summed E-state index contributed by atoms with van der Waals surface area (Å²) in [6, 6.07) is 10.7. The van der Waals surface area contributed by atoms with E-state index >= 15 is 0 Å². The van der Waals surface area contributed by atoms with E-state index in [1.54, 1.807) is 7.05 Å². The molecule has 2 aliphatic carbocycles. The van der Waals surface area contributed by atoms with Crippen LogP contribution < -0.4 is 5.32 Å². The summed E-state index contributed by atoms with van der Waals surface area (Å²) in [7, 11) is 5.93. The molecule has 1 aromatic rings. The van der Waals surface area contributed by atoms with E-state index in [-0.39, 0.29) is 23.5 Å². The molecular formula is C24H38N4O3. The number of hydrogen-bond donors (Lipinski definition) is 3. The van der Waals surface area contributed by atoms with Crippen molar-refractivity contribution in [2.75, 3.05) is 40.8 Å². The van der Waals surface area contributed by atoms with Gasteiger partial charge in [0.15, 0.2) is 6.35 Å². The molecule has 4 rings (SSSR count). The number of carbonyl (C=O) groups is 1. The highest BCUT2D eigenvalue weighted by Crippen LogP contribution is 2.50. The summed E-state index contributed by atoms with van der Waals surface area (Å²) < 4.78 is 0. The first kappa shape index (κ1) is 22.7. The van der Waals surface area contributed by atoms with E-state index in [0.717, 1.165) is 44.9 Å². The third-order valence-corrected chi connectivity index (χ3v) is 8.26. The van der Waals surface area contributed by atoms with Crippen LogP contribution in [0.5, 0.6) is 0 Å². The van der Waals surface area contributed by atoms with Gasteiger partial charge in [-0.25, -0.2) is 0 Å². The Hall–Kier alpha value is -1.51. The van der Waals surface area contributed by atoms with Crippen LogP contribution in [0.3, 0.4) is 0 Å². The Labute approximate surface area is 186 Å². The van der Waals surface area contributed by atoms with Crippen LogP contribution in [0, 0.1) is 0 Å². The SMILES string of the molecule is CNC(=O)CN1CC2(CCC(c3ccccc3)(N(C)C)CC2)N(CC2(O)CCC2)C1O. The molecule has 1 spiro atoms. The first-order chi connectivity index (χ1) is 14.7. The van der Waals surface area contributed by atoms with Gasteiger partial charge < -0.3 is 15.5 Å². The Morgan fingerprint density at radius 2 is 1.77 bits per heavy atom. The number of carbonyl (C=O) groups excluding carboxylic acids is 1. The lowest BCUT2D eigenvalue weighted by Crippen LogP contribution is -2.60. The maximum atomic E-state index is 12.1. The fraction of sp³-hybridized carbons (Fsp3) is 0.708. The van der Waals surface area contributed by atoms with E-state index in [1.807, 2.05) is 4.90 Å². The molecule has 1 aliphatic heterocycles. The van der Waals surface area contributed by atoms with Gasteiger partial charge in [0.1, 0.15) is 0 Å². The lowest BCUT2D eigenvalue weighted by Gasteiger charge is -2.53. The van der Waals surface area contributed by atoms with Gasteiger partial charge in [-0.3, -0.25) is 19.5 Å². The number of nitrogens with one attached hydrogen (secondary N) is 1. The lowest BCUT2D eigenvalue weighted by molar-refractivity contribution is -0.147. The minimum Gasteiger partial charge on any atom is -0.389 e. The normalized spacial score (nSPS) is 33.5. The van der Waals surface area contributed by atoms with Crippen LogP contribution in [0.1, 0.15) is 50.5 Å². The van der Waals surface area contributed by atoms with Crippen molar-refractivity contribution in [1.82, 2.24) is 20.0 Å². The predicted octanol–water partition coefficient (Wildman–Crippen LogP) is 1.31. The molecule has 0 aromatic heterocycles. The van der Waals surface area contributed by atoms with Crippen LogP contribution in [0.25, 0.3) is 0 Å². The van der Waals surface area contributed by atoms with Gasteiger partial charge >= 0.3 is 0 Å². The van der Waals surface area contributed by atoms with E-state index in [9.17, 15) is 15.0 Å². The quantitative estimate of drug-likeness (QED) is 0.632. The van der Waals surface area contributed by atoms with Crippen molar-refractivity contribution in [2.45, 2.75) is 68.0 Å². The number of amides is 1. The highest BCUT2D eigenvalue weighted by molar-refractivity contribution is 5.77. The number of likely N-dealkylation sites (N-methyl/N-ethyl adjacent to an activating group) is 1. The molecule has 1 heterocycles. The second-order valence-corrected chi connectivity index (χ2v) is 10.1. The number of benzene rings is 1. The van der Waals surface area contributed by atoms with E-state index < -0.39 is 12.0 Å². The van der Waals surface area contributed by atoms with Gasteiger partial charge in [-0.15, -0.1) is 0 Å². The molecule has 172 valence electrons. The van der Waals surface area contributed by atoms with Crippen molar-refractivity contribution in [3.05, 3.63) is 35.9 Å². The molecule has 0 radical (unpaired) electrons. The Morgan fingerprint density at radius 3 is 2.29 bits per heavy atom. The molecular weight excluding hydrogens is 392 g/mol. The molecule has 3 aliphatic rings. The van der Waals surface area contributed by atoms with Gasteiger partial charge in [-0.1, -0.05) is 30.3 Å². The largest absolute Gasteiger partial charge is 0.389 e.